The van der Waals surface area contributed by atoms with E-state index in [9.17, 15) is 68.4 Å². The second kappa shape index (κ2) is 37.0. The van der Waals surface area contributed by atoms with E-state index < -0.39 is 97.3 Å². The highest BCUT2D eigenvalue weighted by atomic mass is 32.1. The van der Waals surface area contributed by atoms with E-state index in [0.717, 1.165) is 5.56 Å². The Balaban J connectivity index is 1.41. The van der Waals surface area contributed by atoms with Crippen LogP contribution in [0.3, 0.4) is 0 Å². The fraction of sp³-hybridized carbons (Fsp3) is 0.547. The van der Waals surface area contributed by atoms with Gasteiger partial charge in [-0.2, -0.15) is 0 Å². The first kappa shape index (κ1) is 68.2. The van der Waals surface area contributed by atoms with Gasteiger partial charge in [-0.05, 0) is 99.0 Å². The molecule has 2 saturated heterocycles. The van der Waals surface area contributed by atoms with Crippen LogP contribution >= 0.6 is 12.2 Å². The largest absolute Gasteiger partial charge is 0.508 e. The number of thiocarbonyl (C=S) groups is 1. The minimum absolute atomic E-state index is 0.0160. The number of phenols is 1. The second-order valence-corrected chi connectivity index (χ2v) is 20.5. The molecule has 31 heteroatoms. The third-order valence-corrected chi connectivity index (χ3v) is 13.8. The number of aryl methyl sites for hydroxylation is 1. The zero-order valence-corrected chi connectivity index (χ0v) is 47.4. The lowest BCUT2D eigenvalue weighted by atomic mass is 10.0. The molecule has 5 amide bonds. The van der Waals surface area contributed by atoms with Crippen molar-refractivity contribution in [3.8, 4) is 5.75 Å². The zero-order chi connectivity index (χ0) is 61.4. The van der Waals surface area contributed by atoms with Crippen LogP contribution in [-0.2, 0) is 70.3 Å². The zero-order valence-electron chi connectivity index (χ0n) is 46.6. The third kappa shape index (κ3) is 26.8. The van der Waals surface area contributed by atoms with Gasteiger partial charge in [0.15, 0.2) is 11.1 Å². The van der Waals surface area contributed by atoms with Crippen LogP contribution in [0, 0.1) is 0 Å². The Labute approximate surface area is 490 Å². The molecule has 0 aliphatic carbocycles. The van der Waals surface area contributed by atoms with Gasteiger partial charge in [0.2, 0.25) is 29.5 Å². The number of guanidine groups is 1. The quantitative estimate of drug-likeness (QED) is 0.00877. The number of rotatable bonds is 31. The molecule has 30 nitrogen and oxygen atoms in total. The summed E-state index contributed by atoms with van der Waals surface area (Å²) in [6.45, 7) is 0.986. The van der Waals surface area contributed by atoms with E-state index in [1.165, 1.54) is 24.3 Å². The average molecular weight is 1200 g/mol. The average Bonchev–Trinajstić information content (AvgIpc) is 3.75. The maximum absolute atomic E-state index is 14.2. The number of nitrogens with two attached hydrogens (primary N) is 2. The first-order valence-corrected chi connectivity index (χ1v) is 27.7. The van der Waals surface area contributed by atoms with Crippen molar-refractivity contribution in [1.29, 1.82) is 0 Å². The standard InChI is InChI=1S/C53H78N14O16S/c54-52(55)56-18-4-8-40-48(78)58-26-44(71)60-43(31-82-33-68)51(81)63-42(25-36-11-15-39(70)16-12-36)50(80)62-41(49(79)61-40)7-1-2-17-57-53(84)59-37-13-9-35(10-14-37)5-3-6-38(67(30-47(76)77)32-83-34-69)27-64-19-21-65(28-45(72)73)23-24-66(22-20-64)29-46(74)75/h9-16,33-34,38,40-43,70H,1-8,17-32H2,(H,58,78)(H,60,71)(H,61,79)(H,62,80)(H,63,81)(H,72,73)(H,74,75)(H,76,77)(H4,54,55,56)(H2,57,59,84)/t38?,40-,41-,42?,43?/m0/s1. The Morgan fingerprint density at radius 1 is 0.702 bits per heavy atom. The summed E-state index contributed by atoms with van der Waals surface area (Å²) in [4.78, 5) is 137. The first-order chi connectivity index (χ1) is 40.2. The monoisotopic (exact) mass is 1200 g/mol. The Bertz CT molecular complexity index is 2520. The summed E-state index contributed by atoms with van der Waals surface area (Å²) in [5.41, 5.74) is 13.1. The number of carbonyl (C=O) groups excluding carboxylic acids is 7. The van der Waals surface area contributed by atoms with Gasteiger partial charge >= 0.3 is 17.9 Å². The second-order valence-electron chi connectivity index (χ2n) is 20.1. The molecule has 84 heavy (non-hydrogen) atoms. The molecule has 0 bridgehead atoms. The smallest absolute Gasteiger partial charge is 0.317 e. The van der Waals surface area contributed by atoms with Gasteiger partial charge in [0.05, 0.1) is 26.2 Å². The van der Waals surface area contributed by atoms with Crippen LogP contribution in [0.5, 0.6) is 5.75 Å². The lowest BCUT2D eigenvalue weighted by molar-refractivity contribution is -0.145. The molecule has 15 N–H and O–H groups in total. The Kier molecular flexibility index (Phi) is 30.1. The maximum Gasteiger partial charge on any atom is 0.317 e. The number of carboxylic acids is 3. The van der Waals surface area contributed by atoms with Crippen molar-refractivity contribution < 1.29 is 77.8 Å². The molecule has 2 aliphatic heterocycles. The minimum atomic E-state index is -1.50. The highest BCUT2D eigenvalue weighted by Gasteiger charge is 2.33. The molecule has 0 saturated carbocycles. The van der Waals surface area contributed by atoms with Gasteiger partial charge < -0.3 is 78.6 Å². The number of phenolic OH excluding ortho intramolecular Hbond substituents is 1. The lowest BCUT2D eigenvalue weighted by Gasteiger charge is -2.35. The minimum Gasteiger partial charge on any atom is -0.508 e. The van der Waals surface area contributed by atoms with E-state index in [1.54, 1.807) is 14.7 Å². The van der Waals surface area contributed by atoms with Crippen LogP contribution < -0.4 is 48.7 Å². The summed E-state index contributed by atoms with van der Waals surface area (Å²) in [7, 11) is 0. The van der Waals surface area contributed by atoms with Crippen LogP contribution in [0.1, 0.15) is 56.1 Å². The molecule has 2 aromatic rings. The molecule has 2 aliphatic rings. The summed E-state index contributed by atoms with van der Waals surface area (Å²) >= 11 is 5.58. The van der Waals surface area contributed by atoms with Crippen LogP contribution in [-0.4, -0.2) is 240 Å². The van der Waals surface area contributed by atoms with Crippen LogP contribution in [0.4, 0.5) is 5.69 Å². The van der Waals surface area contributed by atoms with Gasteiger partial charge in [-0.25, -0.2) is 0 Å². The van der Waals surface area contributed by atoms with E-state index in [4.69, 9.17) is 33.2 Å². The number of hydrogen-bond acceptors (Lipinski definition) is 19. The van der Waals surface area contributed by atoms with Crippen LogP contribution in [0.2, 0.25) is 0 Å². The fourth-order valence-electron chi connectivity index (χ4n) is 9.27. The van der Waals surface area contributed by atoms with E-state index in [-0.39, 0.29) is 81.8 Å². The first-order valence-electron chi connectivity index (χ1n) is 27.3. The summed E-state index contributed by atoms with van der Waals surface area (Å²) in [5, 5.41) is 58.1. The number of nitrogens with zero attached hydrogens (tertiary/aromatic N) is 5. The van der Waals surface area contributed by atoms with Crippen molar-refractivity contribution in [1.82, 2.24) is 51.5 Å². The summed E-state index contributed by atoms with van der Waals surface area (Å²) in [5.74, 6) is -7.47. The van der Waals surface area contributed by atoms with Gasteiger partial charge in [-0.3, -0.25) is 72.5 Å². The molecule has 2 fully saturated rings. The molecule has 462 valence electrons. The maximum atomic E-state index is 14.2. The van der Waals surface area contributed by atoms with E-state index in [0.29, 0.717) is 95.7 Å². The van der Waals surface area contributed by atoms with E-state index >= 15 is 0 Å². The van der Waals surface area contributed by atoms with Gasteiger partial charge in [-0.1, -0.05) is 24.3 Å². The number of aromatic hydroxyl groups is 1. The summed E-state index contributed by atoms with van der Waals surface area (Å²) in [6.07, 6.45) is 2.57. The van der Waals surface area contributed by atoms with Crippen LogP contribution in [0.25, 0.3) is 0 Å². The molecule has 2 heterocycles. The number of unbranched alkanes of at least 4 members (excludes halogenated alkanes) is 1. The molecule has 4 rings (SSSR count). The van der Waals surface area contributed by atoms with Crippen molar-refractivity contribution in [2.24, 2.45) is 16.5 Å². The van der Waals surface area contributed by atoms with Crippen LogP contribution in [0.15, 0.2) is 53.5 Å². The highest BCUT2D eigenvalue weighted by molar-refractivity contribution is 7.80. The summed E-state index contributed by atoms with van der Waals surface area (Å²) in [6, 6.07) is 7.52. The van der Waals surface area contributed by atoms with Crippen molar-refractivity contribution in [3.05, 3.63) is 59.7 Å². The highest BCUT2D eigenvalue weighted by Crippen LogP contribution is 2.18. The molecule has 0 spiro atoms. The predicted octanol–water partition coefficient (Wildman–Crippen LogP) is -3.32. The number of aliphatic imine (C=N–C) groups is 1. The molecule has 2 aromatic carbocycles. The fourth-order valence-corrected chi connectivity index (χ4v) is 9.49. The van der Waals surface area contributed by atoms with Crippen molar-refractivity contribution in [2.75, 3.05) is 104 Å². The molecule has 3 unspecified atom stereocenters. The Morgan fingerprint density at radius 2 is 1.26 bits per heavy atom. The number of nitrogens with one attached hydrogen (secondary N) is 7. The van der Waals surface area contributed by atoms with Crippen molar-refractivity contribution >= 4 is 89.4 Å². The molecular weight excluding hydrogens is 1120 g/mol. The number of amides is 5. The Hall–Kier alpha value is -8.26. The number of aliphatic carboxylic acids is 3. The van der Waals surface area contributed by atoms with Crippen molar-refractivity contribution in [2.45, 2.75) is 88.0 Å². The van der Waals surface area contributed by atoms with Gasteiger partial charge in [0.1, 0.15) is 43.3 Å². The summed E-state index contributed by atoms with van der Waals surface area (Å²) < 4.78 is 9.83. The van der Waals surface area contributed by atoms with E-state index in [2.05, 4.69) is 42.2 Å². The van der Waals surface area contributed by atoms with Gasteiger partial charge in [0.25, 0.3) is 12.9 Å². The molecule has 0 radical (unpaired) electrons. The van der Waals surface area contributed by atoms with Gasteiger partial charge in [-0.15, -0.1) is 0 Å². The number of carbonyl (C=O) groups is 10. The number of carboxylic acid groups (broad SMARTS) is 3. The number of ether oxygens (including phenoxy) is 2. The third-order valence-electron chi connectivity index (χ3n) is 13.6. The van der Waals surface area contributed by atoms with E-state index in [1.807, 2.05) is 29.2 Å². The van der Waals surface area contributed by atoms with Crippen molar-refractivity contribution in [3.63, 3.8) is 0 Å². The lowest BCUT2D eigenvalue weighted by Crippen LogP contribution is -2.58. The topological polar surface area (TPSA) is 432 Å². The SMILES string of the molecule is NC(N)=NCCC[C@@H]1NC(=O)[C@H](CCCCNC(=S)Nc2ccc(CCCC(CN3CCN(CC(=O)O)CCN(CC(=O)O)CC3)N(COC=O)CC(=O)O)cc2)NC(=O)C(Cc2ccc(O)cc2)NC(=O)C(COC=O)NC(=O)CNC1=O. The predicted molar refractivity (Wildman–Crippen MR) is 307 cm³/mol. The number of anilines is 1. The molecule has 0 aromatic heterocycles. The molecular formula is C53H78N14O16S. The molecule has 5 atom stereocenters. The van der Waals surface area contributed by atoms with Gasteiger partial charge in [0, 0.05) is 77.1 Å². The number of hydrogen-bond donors (Lipinski definition) is 13. The Morgan fingerprint density at radius 3 is 1.86 bits per heavy atom. The number of benzene rings is 2. The normalized spacial score (nSPS) is 19.3.